The third-order valence-electron chi connectivity index (χ3n) is 4.43. The van der Waals surface area contributed by atoms with E-state index in [1.807, 2.05) is 19.1 Å². The molecule has 0 spiro atoms. The molecular weight excluding hydrogens is 362 g/mol. The van der Waals surface area contributed by atoms with Gasteiger partial charge in [0.15, 0.2) is 11.6 Å². The zero-order chi connectivity index (χ0) is 18.9. The van der Waals surface area contributed by atoms with Crippen molar-refractivity contribution in [3.05, 3.63) is 65.2 Å². The normalized spacial score (nSPS) is 15.9. The molecule has 0 unspecified atom stereocenters. The van der Waals surface area contributed by atoms with E-state index in [0.29, 0.717) is 11.6 Å². The lowest BCUT2D eigenvalue weighted by atomic mass is 10.1. The highest BCUT2D eigenvalue weighted by atomic mass is 32.2. The fourth-order valence-electron chi connectivity index (χ4n) is 2.90. The van der Waals surface area contributed by atoms with Crippen LogP contribution < -0.4 is 0 Å². The van der Waals surface area contributed by atoms with Crippen molar-refractivity contribution in [1.29, 1.82) is 0 Å². The summed E-state index contributed by atoms with van der Waals surface area (Å²) >= 11 is 0. The molecule has 1 heterocycles. The molecule has 0 saturated carbocycles. The third kappa shape index (κ3) is 3.47. The molecule has 2 aromatic carbocycles. The molecule has 3 rings (SSSR count). The molecular formula is C18H18F2N2O3S. The number of hydrogen-bond acceptors (Lipinski definition) is 3. The largest absolute Gasteiger partial charge is 0.336 e. The quantitative estimate of drug-likeness (QED) is 0.822. The van der Waals surface area contributed by atoms with Gasteiger partial charge in [-0.1, -0.05) is 18.2 Å². The number of halogens is 2. The van der Waals surface area contributed by atoms with Crippen LogP contribution in [0.3, 0.4) is 0 Å². The van der Waals surface area contributed by atoms with E-state index >= 15 is 0 Å². The first-order valence-corrected chi connectivity index (χ1v) is 9.55. The summed E-state index contributed by atoms with van der Waals surface area (Å²) in [5.41, 5.74) is 1.44. The van der Waals surface area contributed by atoms with E-state index in [1.54, 1.807) is 17.0 Å². The second kappa shape index (κ2) is 7.13. The lowest BCUT2D eigenvalue weighted by molar-refractivity contribution is 0.0697. The monoisotopic (exact) mass is 380 g/mol. The van der Waals surface area contributed by atoms with Gasteiger partial charge in [-0.2, -0.15) is 4.31 Å². The fraction of sp³-hybridized carbons (Fsp3) is 0.278. The van der Waals surface area contributed by atoms with Gasteiger partial charge in [-0.05, 0) is 36.8 Å². The van der Waals surface area contributed by atoms with Crippen LogP contribution >= 0.6 is 0 Å². The van der Waals surface area contributed by atoms with Crippen molar-refractivity contribution < 1.29 is 22.0 Å². The number of nitrogens with zero attached hydrogens (tertiary/aromatic N) is 2. The molecule has 1 amide bonds. The first-order chi connectivity index (χ1) is 12.3. The number of hydrogen-bond donors (Lipinski definition) is 0. The first-order valence-electron chi connectivity index (χ1n) is 8.11. The van der Waals surface area contributed by atoms with E-state index in [-0.39, 0.29) is 37.0 Å². The number of piperazine rings is 1. The lowest BCUT2D eigenvalue weighted by Crippen LogP contribution is -2.50. The van der Waals surface area contributed by atoms with E-state index < -0.39 is 21.7 Å². The number of carbonyl (C=O) groups is 1. The summed E-state index contributed by atoms with van der Waals surface area (Å²) in [5, 5.41) is 0. The Hall–Kier alpha value is -2.32. The van der Waals surface area contributed by atoms with E-state index in [9.17, 15) is 22.0 Å². The van der Waals surface area contributed by atoms with Crippen LogP contribution in [0.15, 0.2) is 47.4 Å². The molecule has 0 aromatic heterocycles. The molecule has 1 aliphatic heterocycles. The summed E-state index contributed by atoms with van der Waals surface area (Å²) in [4.78, 5) is 13.9. The lowest BCUT2D eigenvalue weighted by Gasteiger charge is -2.34. The van der Waals surface area contributed by atoms with Gasteiger partial charge in [0.05, 0.1) is 4.90 Å². The molecule has 1 aliphatic rings. The van der Waals surface area contributed by atoms with E-state index in [1.165, 1.54) is 4.31 Å². The van der Waals surface area contributed by atoms with Crippen molar-refractivity contribution in [2.45, 2.75) is 11.8 Å². The van der Waals surface area contributed by atoms with Gasteiger partial charge < -0.3 is 4.90 Å². The van der Waals surface area contributed by atoms with Gasteiger partial charge in [0, 0.05) is 31.7 Å². The number of aryl methyl sites for hydroxylation is 1. The molecule has 0 atom stereocenters. The topological polar surface area (TPSA) is 57.7 Å². The van der Waals surface area contributed by atoms with Crippen LogP contribution in [-0.2, 0) is 10.0 Å². The minimum Gasteiger partial charge on any atom is -0.336 e. The fourth-order valence-corrected chi connectivity index (χ4v) is 4.34. The Morgan fingerprint density at radius 1 is 0.962 bits per heavy atom. The highest BCUT2D eigenvalue weighted by molar-refractivity contribution is 7.89. The number of rotatable bonds is 3. The van der Waals surface area contributed by atoms with Gasteiger partial charge in [0.2, 0.25) is 10.0 Å². The standard InChI is InChI=1S/C18H18F2N2O3S/c1-13-4-2-3-5-15(13)18(23)21-8-10-22(11-9-21)26(24,25)14-6-7-16(19)17(20)12-14/h2-7,12H,8-11H2,1H3. The smallest absolute Gasteiger partial charge is 0.254 e. The van der Waals surface area contributed by atoms with Crippen LogP contribution in [0.25, 0.3) is 0 Å². The summed E-state index contributed by atoms with van der Waals surface area (Å²) in [6, 6.07) is 9.72. The maximum atomic E-state index is 13.4. The summed E-state index contributed by atoms with van der Waals surface area (Å²) in [6.45, 7) is 2.50. The Bertz CT molecular complexity index is 939. The summed E-state index contributed by atoms with van der Waals surface area (Å²) in [7, 11) is -3.93. The number of carbonyl (C=O) groups excluding carboxylic acids is 1. The van der Waals surface area contributed by atoms with Gasteiger partial charge in [0.1, 0.15) is 0 Å². The summed E-state index contributed by atoms with van der Waals surface area (Å²) in [5.74, 6) is -2.45. The van der Waals surface area contributed by atoms with Crippen molar-refractivity contribution in [3.8, 4) is 0 Å². The molecule has 138 valence electrons. The Morgan fingerprint density at radius 2 is 1.62 bits per heavy atom. The molecule has 8 heteroatoms. The molecule has 0 radical (unpaired) electrons. The highest BCUT2D eigenvalue weighted by Crippen LogP contribution is 2.21. The Balaban J connectivity index is 1.72. The zero-order valence-corrected chi connectivity index (χ0v) is 15.0. The average Bonchev–Trinajstić information content (AvgIpc) is 2.64. The SMILES string of the molecule is Cc1ccccc1C(=O)N1CCN(S(=O)(=O)c2ccc(F)c(F)c2)CC1. The molecule has 0 bridgehead atoms. The molecule has 0 N–H and O–H groups in total. The summed E-state index contributed by atoms with van der Waals surface area (Å²) < 4.78 is 52.7. The minimum atomic E-state index is -3.93. The van der Waals surface area contributed by atoms with Crippen molar-refractivity contribution in [2.75, 3.05) is 26.2 Å². The third-order valence-corrected chi connectivity index (χ3v) is 6.32. The van der Waals surface area contributed by atoms with Crippen LogP contribution in [0.1, 0.15) is 15.9 Å². The number of amides is 1. The molecule has 2 aromatic rings. The number of sulfonamides is 1. The van der Waals surface area contributed by atoms with Crippen LogP contribution in [0.5, 0.6) is 0 Å². The average molecular weight is 380 g/mol. The van der Waals surface area contributed by atoms with E-state index in [0.717, 1.165) is 17.7 Å². The number of benzene rings is 2. The maximum Gasteiger partial charge on any atom is 0.254 e. The van der Waals surface area contributed by atoms with Gasteiger partial charge >= 0.3 is 0 Å². The maximum absolute atomic E-state index is 13.4. The van der Waals surface area contributed by atoms with Gasteiger partial charge in [0.25, 0.3) is 5.91 Å². The minimum absolute atomic E-state index is 0.0962. The Morgan fingerprint density at radius 3 is 2.23 bits per heavy atom. The van der Waals surface area contributed by atoms with Crippen LogP contribution in [0.2, 0.25) is 0 Å². The Kier molecular flexibility index (Phi) is 5.06. The Labute approximate surface area is 150 Å². The molecule has 26 heavy (non-hydrogen) atoms. The van der Waals surface area contributed by atoms with Crippen molar-refractivity contribution >= 4 is 15.9 Å². The van der Waals surface area contributed by atoms with Gasteiger partial charge in [-0.15, -0.1) is 0 Å². The van der Waals surface area contributed by atoms with E-state index in [2.05, 4.69) is 0 Å². The van der Waals surface area contributed by atoms with E-state index in [4.69, 9.17) is 0 Å². The predicted molar refractivity (Wildman–Crippen MR) is 92.2 cm³/mol. The predicted octanol–water partition coefficient (Wildman–Crippen LogP) is 2.42. The summed E-state index contributed by atoms with van der Waals surface area (Å²) in [6.07, 6.45) is 0. The van der Waals surface area contributed by atoms with Crippen LogP contribution in [0.4, 0.5) is 8.78 Å². The van der Waals surface area contributed by atoms with Crippen LogP contribution in [0, 0.1) is 18.6 Å². The molecule has 1 saturated heterocycles. The van der Waals surface area contributed by atoms with Crippen molar-refractivity contribution in [1.82, 2.24) is 9.21 Å². The van der Waals surface area contributed by atoms with Crippen molar-refractivity contribution in [3.63, 3.8) is 0 Å². The highest BCUT2D eigenvalue weighted by Gasteiger charge is 2.31. The molecule has 0 aliphatic carbocycles. The zero-order valence-electron chi connectivity index (χ0n) is 14.2. The second-order valence-corrected chi connectivity index (χ2v) is 8.03. The van der Waals surface area contributed by atoms with Gasteiger partial charge in [-0.25, -0.2) is 17.2 Å². The second-order valence-electron chi connectivity index (χ2n) is 6.09. The molecule has 1 fully saturated rings. The van der Waals surface area contributed by atoms with Crippen LogP contribution in [-0.4, -0.2) is 49.7 Å². The molecule has 5 nitrogen and oxygen atoms in total. The van der Waals surface area contributed by atoms with Gasteiger partial charge in [-0.3, -0.25) is 4.79 Å². The van der Waals surface area contributed by atoms with Crippen molar-refractivity contribution in [2.24, 2.45) is 0 Å². The first kappa shape index (κ1) is 18.5.